The van der Waals surface area contributed by atoms with Crippen molar-refractivity contribution in [1.29, 1.82) is 0 Å². The first kappa shape index (κ1) is 15.8. The van der Waals surface area contributed by atoms with Gasteiger partial charge < -0.3 is 10.6 Å². The van der Waals surface area contributed by atoms with Crippen LogP contribution in [0.25, 0.3) is 0 Å². The largest absolute Gasteiger partial charge is 0.355 e. The lowest BCUT2D eigenvalue weighted by Crippen LogP contribution is -2.39. The molecule has 1 fully saturated rings. The third kappa shape index (κ3) is 4.20. The standard InChI is InChI=1S/C20H24N2O/c23-20(18-11-13-21-14-12-18)22-15-19(16-7-3-1-4-8-16)17-9-5-2-6-10-17/h1-10,18-19,21H,11-15H2,(H,22,23). The van der Waals surface area contributed by atoms with Crippen molar-refractivity contribution in [3.05, 3.63) is 71.8 Å². The lowest BCUT2D eigenvalue weighted by atomic mass is 9.90. The highest BCUT2D eigenvalue weighted by Gasteiger charge is 2.22. The highest BCUT2D eigenvalue weighted by Crippen LogP contribution is 2.24. The average molecular weight is 308 g/mol. The van der Waals surface area contributed by atoms with E-state index in [1.165, 1.54) is 11.1 Å². The average Bonchev–Trinajstić information content (AvgIpc) is 2.64. The van der Waals surface area contributed by atoms with E-state index in [1.807, 2.05) is 12.1 Å². The van der Waals surface area contributed by atoms with Gasteiger partial charge >= 0.3 is 0 Å². The van der Waals surface area contributed by atoms with E-state index in [0.29, 0.717) is 6.54 Å². The maximum atomic E-state index is 12.4. The van der Waals surface area contributed by atoms with E-state index in [-0.39, 0.29) is 17.7 Å². The molecule has 3 rings (SSSR count). The van der Waals surface area contributed by atoms with E-state index < -0.39 is 0 Å². The van der Waals surface area contributed by atoms with Crippen molar-refractivity contribution < 1.29 is 4.79 Å². The molecule has 1 saturated heterocycles. The Balaban J connectivity index is 1.70. The zero-order valence-electron chi connectivity index (χ0n) is 13.4. The van der Waals surface area contributed by atoms with Gasteiger partial charge in [-0.3, -0.25) is 4.79 Å². The molecule has 0 aliphatic carbocycles. The van der Waals surface area contributed by atoms with Gasteiger partial charge in [-0.1, -0.05) is 60.7 Å². The number of rotatable bonds is 5. The first-order valence-electron chi connectivity index (χ1n) is 8.43. The number of hydrogen-bond acceptors (Lipinski definition) is 2. The molecule has 1 heterocycles. The number of amides is 1. The van der Waals surface area contributed by atoms with Gasteiger partial charge in [-0.15, -0.1) is 0 Å². The third-order valence-corrected chi connectivity index (χ3v) is 4.59. The molecule has 0 bridgehead atoms. The predicted octanol–water partition coefficient (Wildman–Crippen LogP) is 2.93. The second-order valence-corrected chi connectivity index (χ2v) is 6.14. The molecule has 1 aliphatic heterocycles. The van der Waals surface area contributed by atoms with Gasteiger partial charge in [0.25, 0.3) is 0 Å². The first-order chi connectivity index (χ1) is 11.3. The Morgan fingerprint density at radius 3 is 2.00 bits per heavy atom. The normalized spacial score (nSPS) is 15.5. The van der Waals surface area contributed by atoms with Crippen LogP contribution in [-0.4, -0.2) is 25.5 Å². The fourth-order valence-corrected chi connectivity index (χ4v) is 3.23. The lowest BCUT2D eigenvalue weighted by Gasteiger charge is -2.24. The Labute approximate surface area is 138 Å². The van der Waals surface area contributed by atoms with Gasteiger partial charge in [0.2, 0.25) is 5.91 Å². The summed E-state index contributed by atoms with van der Waals surface area (Å²) in [7, 11) is 0. The molecule has 23 heavy (non-hydrogen) atoms. The van der Waals surface area contributed by atoms with E-state index in [9.17, 15) is 4.79 Å². The van der Waals surface area contributed by atoms with Crippen LogP contribution in [-0.2, 0) is 4.79 Å². The zero-order chi connectivity index (χ0) is 15.9. The van der Waals surface area contributed by atoms with Gasteiger partial charge in [0.05, 0.1) is 0 Å². The molecule has 0 spiro atoms. The van der Waals surface area contributed by atoms with E-state index in [4.69, 9.17) is 0 Å². The molecular weight excluding hydrogens is 284 g/mol. The van der Waals surface area contributed by atoms with Crippen LogP contribution in [0.3, 0.4) is 0 Å². The smallest absolute Gasteiger partial charge is 0.223 e. The molecule has 0 radical (unpaired) electrons. The lowest BCUT2D eigenvalue weighted by molar-refractivity contribution is -0.125. The molecule has 2 N–H and O–H groups in total. The SMILES string of the molecule is O=C(NCC(c1ccccc1)c1ccccc1)C1CCNCC1. The van der Waals surface area contributed by atoms with Crippen LogP contribution in [0.1, 0.15) is 29.9 Å². The van der Waals surface area contributed by atoms with Crippen molar-refractivity contribution >= 4 is 5.91 Å². The number of nitrogens with one attached hydrogen (secondary N) is 2. The summed E-state index contributed by atoms with van der Waals surface area (Å²) in [5.74, 6) is 0.551. The molecule has 2 aromatic rings. The minimum Gasteiger partial charge on any atom is -0.355 e. The predicted molar refractivity (Wildman–Crippen MR) is 93.3 cm³/mol. The van der Waals surface area contributed by atoms with Crippen LogP contribution in [0.15, 0.2) is 60.7 Å². The van der Waals surface area contributed by atoms with Crippen molar-refractivity contribution in [2.45, 2.75) is 18.8 Å². The fraction of sp³-hybridized carbons (Fsp3) is 0.350. The van der Waals surface area contributed by atoms with Crippen molar-refractivity contribution in [3.63, 3.8) is 0 Å². The van der Waals surface area contributed by atoms with E-state index in [1.54, 1.807) is 0 Å². The quantitative estimate of drug-likeness (QED) is 0.891. The molecule has 3 nitrogen and oxygen atoms in total. The summed E-state index contributed by atoms with van der Waals surface area (Å²) in [6.45, 7) is 2.54. The maximum absolute atomic E-state index is 12.4. The molecule has 1 amide bonds. The monoisotopic (exact) mass is 308 g/mol. The van der Waals surface area contributed by atoms with Crippen LogP contribution in [0.5, 0.6) is 0 Å². The second-order valence-electron chi connectivity index (χ2n) is 6.14. The van der Waals surface area contributed by atoms with E-state index in [0.717, 1.165) is 25.9 Å². The minimum atomic E-state index is 0.156. The van der Waals surface area contributed by atoms with Crippen molar-refractivity contribution in [2.24, 2.45) is 5.92 Å². The Morgan fingerprint density at radius 2 is 1.48 bits per heavy atom. The van der Waals surface area contributed by atoms with Crippen molar-refractivity contribution in [1.82, 2.24) is 10.6 Å². The summed E-state index contributed by atoms with van der Waals surface area (Å²) >= 11 is 0. The minimum absolute atomic E-state index is 0.156. The molecule has 120 valence electrons. The van der Waals surface area contributed by atoms with Crippen LogP contribution >= 0.6 is 0 Å². The number of carbonyl (C=O) groups excluding carboxylic acids is 1. The number of benzene rings is 2. The molecule has 2 aromatic carbocycles. The summed E-state index contributed by atoms with van der Waals surface area (Å²) in [5.41, 5.74) is 2.48. The van der Waals surface area contributed by atoms with Crippen molar-refractivity contribution in [3.8, 4) is 0 Å². The number of carbonyl (C=O) groups is 1. The Morgan fingerprint density at radius 1 is 0.957 bits per heavy atom. The van der Waals surface area contributed by atoms with Gasteiger partial charge in [0.15, 0.2) is 0 Å². The molecule has 1 aliphatic rings. The highest BCUT2D eigenvalue weighted by atomic mass is 16.1. The van der Waals surface area contributed by atoms with Gasteiger partial charge in [-0.25, -0.2) is 0 Å². The Kier molecular flexibility index (Phi) is 5.43. The maximum Gasteiger partial charge on any atom is 0.223 e. The summed E-state index contributed by atoms with van der Waals surface area (Å²) in [5, 5.41) is 6.49. The topological polar surface area (TPSA) is 41.1 Å². The molecule has 0 atom stereocenters. The van der Waals surface area contributed by atoms with Crippen LogP contribution in [0.4, 0.5) is 0 Å². The molecule has 0 unspecified atom stereocenters. The first-order valence-corrected chi connectivity index (χ1v) is 8.43. The molecular formula is C20H24N2O. The second kappa shape index (κ2) is 7.93. The Bertz CT molecular complexity index is 567. The van der Waals surface area contributed by atoms with Gasteiger partial charge in [0.1, 0.15) is 0 Å². The van der Waals surface area contributed by atoms with Crippen LogP contribution in [0, 0.1) is 5.92 Å². The molecule has 0 saturated carbocycles. The number of piperidine rings is 1. The van der Waals surface area contributed by atoms with E-state index in [2.05, 4.69) is 59.2 Å². The van der Waals surface area contributed by atoms with E-state index >= 15 is 0 Å². The van der Waals surface area contributed by atoms with Crippen LogP contribution < -0.4 is 10.6 Å². The highest BCUT2D eigenvalue weighted by molar-refractivity contribution is 5.78. The third-order valence-electron chi connectivity index (χ3n) is 4.59. The summed E-state index contributed by atoms with van der Waals surface area (Å²) < 4.78 is 0. The van der Waals surface area contributed by atoms with Crippen molar-refractivity contribution in [2.75, 3.05) is 19.6 Å². The van der Waals surface area contributed by atoms with Crippen LogP contribution in [0.2, 0.25) is 0 Å². The number of hydrogen-bond donors (Lipinski definition) is 2. The fourth-order valence-electron chi connectivity index (χ4n) is 3.23. The van der Waals surface area contributed by atoms with Gasteiger partial charge in [-0.2, -0.15) is 0 Å². The Hall–Kier alpha value is -2.13. The molecule has 0 aromatic heterocycles. The van der Waals surface area contributed by atoms with Gasteiger partial charge in [0, 0.05) is 18.4 Å². The summed E-state index contributed by atoms with van der Waals surface area (Å²) in [4.78, 5) is 12.4. The zero-order valence-corrected chi connectivity index (χ0v) is 13.4. The molecule has 3 heteroatoms. The summed E-state index contributed by atoms with van der Waals surface area (Å²) in [6.07, 6.45) is 1.88. The van der Waals surface area contributed by atoms with Gasteiger partial charge in [-0.05, 0) is 37.1 Å². The summed E-state index contributed by atoms with van der Waals surface area (Å²) in [6, 6.07) is 20.8.